The summed E-state index contributed by atoms with van der Waals surface area (Å²) in [6.07, 6.45) is 1.26. The lowest BCUT2D eigenvalue weighted by molar-refractivity contribution is -0.946. The van der Waals surface area contributed by atoms with Crippen LogP contribution >= 0.6 is 0 Å². The molecule has 0 aliphatic rings. The number of hydrogen-bond acceptors (Lipinski definition) is 1. The van der Waals surface area contributed by atoms with Crippen LogP contribution in [0.1, 0.15) is 13.3 Å². The summed E-state index contributed by atoms with van der Waals surface area (Å²) in [7, 11) is 11.0. The van der Waals surface area contributed by atoms with Crippen LogP contribution in [0, 0.1) is 0 Å². The van der Waals surface area contributed by atoms with E-state index in [9.17, 15) is 0 Å². The zero-order valence-electron chi connectivity index (χ0n) is 12.3. The van der Waals surface area contributed by atoms with Gasteiger partial charge in [-0.25, -0.2) is 0 Å². The van der Waals surface area contributed by atoms with Crippen LogP contribution in [0.4, 0.5) is 0 Å². The summed E-state index contributed by atoms with van der Waals surface area (Å²) in [5.74, 6) is 0. The summed E-state index contributed by atoms with van der Waals surface area (Å²) in [5, 5.41) is 0. The Morgan fingerprint density at radius 1 is 0.765 bits per heavy atom. The Morgan fingerprint density at radius 2 is 1.18 bits per heavy atom. The van der Waals surface area contributed by atoms with Gasteiger partial charge in [-0.1, -0.05) is 6.92 Å². The average Bonchev–Trinajstić information content (AvgIpc) is 2.12. The van der Waals surface area contributed by atoms with Crippen LogP contribution in [0.5, 0.6) is 0 Å². The van der Waals surface area contributed by atoms with Crippen molar-refractivity contribution in [3.05, 3.63) is 0 Å². The van der Waals surface area contributed by atoms with Crippen molar-refractivity contribution in [2.75, 3.05) is 68.1 Å². The fourth-order valence-corrected chi connectivity index (χ4v) is 1.71. The molecule has 17 heavy (non-hydrogen) atoms. The molecule has 0 saturated carbocycles. The first-order valence-electron chi connectivity index (χ1n) is 5.96. The molecule has 0 rings (SSSR count). The number of ether oxygens (including phenoxy) is 1. The molecule has 0 spiro atoms. The van der Waals surface area contributed by atoms with E-state index in [1.54, 1.807) is 7.11 Å². The Morgan fingerprint density at radius 3 is 1.53 bits per heavy atom. The van der Waals surface area contributed by atoms with E-state index in [0.717, 1.165) is 22.1 Å². The fraction of sp³-hybridized carbons (Fsp3) is 1.00. The minimum absolute atomic E-state index is 0. The van der Waals surface area contributed by atoms with Crippen LogP contribution in [0.2, 0.25) is 0 Å². The monoisotopic (exact) mass is 288 g/mol. The van der Waals surface area contributed by atoms with Crippen LogP contribution in [0.3, 0.4) is 0 Å². The van der Waals surface area contributed by atoms with Crippen molar-refractivity contribution >= 4 is 0 Å². The summed E-state index contributed by atoms with van der Waals surface area (Å²) in [5.41, 5.74) is 0. The first-order chi connectivity index (χ1) is 6.83. The molecule has 0 heterocycles. The van der Waals surface area contributed by atoms with Crippen molar-refractivity contribution in [1.29, 1.82) is 0 Å². The van der Waals surface area contributed by atoms with E-state index in [1.807, 2.05) is 0 Å². The van der Waals surface area contributed by atoms with E-state index >= 15 is 0 Å². The summed E-state index contributed by atoms with van der Waals surface area (Å²) in [6.45, 7) is 7.94. The number of methoxy groups -OCH3 is 1. The highest BCUT2D eigenvalue weighted by molar-refractivity contribution is 4.37. The molecular weight excluding hydrogens is 259 g/mol. The van der Waals surface area contributed by atoms with E-state index in [2.05, 4.69) is 35.1 Å². The van der Waals surface area contributed by atoms with Gasteiger partial charge in [-0.3, -0.25) is 0 Å². The van der Waals surface area contributed by atoms with Gasteiger partial charge < -0.3 is 38.5 Å². The van der Waals surface area contributed by atoms with Crippen LogP contribution in [-0.2, 0) is 4.74 Å². The van der Waals surface area contributed by atoms with Gasteiger partial charge in [-0.05, 0) is 6.42 Å². The molecule has 0 aromatic rings. The largest absolute Gasteiger partial charge is 1.00 e. The first-order valence-corrected chi connectivity index (χ1v) is 5.96. The molecular formula is C12H30Cl2N2O. The van der Waals surface area contributed by atoms with Gasteiger partial charge in [-0.2, -0.15) is 0 Å². The maximum atomic E-state index is 5.14. The number of hydrogen-bond donors (Lipinski definition) is 0. The fourth-order valence-electron chi connectivity index (χ4n) is 1.71. The Kier molecular flexibility index (Phi) is 13.8. The lowest BCUT2D eigenvalue weighted by Gasteiger charge is -2.35. The van der Waals surface area contributed by atoms with Gasteiger partial charge >= 0.3 is 0 Å². The molecule has 0 radical (unpaired) electrons. The number of quaternary nitrogens is 2. The second-order valence-corrected chi connectivity index (χ2v) is 5.76. The molecule has 0 aliphatic carbocycles. The van der Waals surface area contributed by atoms with Crippen LogP contribution in [0.25, 0.3) is 0 Å². The van der Waals surface area contributed by atoms with Gasteiger partial charge in [0.2, 0.25) is 0 Å². The molecule has 0 aliphatic heterocycles. The Balaban J connectivity index is -0.000000980. The normalized spacial score (nSPS) is 11.6. The molecule has 3 nitrogen and oxygen atoms in total. The van der Waals surface area contributed by atoms with E-state index < -0.39 is 0 Å². The van der Waals surface area contributed by atoms with Crippen molar-refractivity contribution in [3.8, 4) is 0 Å². The molecule has 0 amide bonds. The Labute approximate surface area is 120 Å². The number of rotatable bonds is 8. The molecule has 5 heteroatoms. The lowest BCUT2D eigenvalue weighted by atomic mass is 10.3. The predicted molar refractivity (Wildman–Crippen MR) is 65.9 cm³/mol. The zero-order valence-corrected chi connectivity index (χ0v) is 13.8. The number of halogens is 2. The maximum absolute atomic E-state index is 5.14. The summed E-state index contributed by atoms with van der Waals surface area (Å²) >= 11 is 0. The van der Waals surface area contributed by atoms with E-state index in [4.69, 9.17) is 4.74 Å². The van der Waals surface area contributed by atoms with Gasteiger partial charge in [0.25, 0.3) is 0 Å². The minimum atomic E-state index is 0. The number of nitrogens with zero attached hydrogens (tertiary/aromatic N) is 2. The highest BCUT2D eigenvalue weighted by Gasteiger charge is 2.21. The first kappa shape index (κ1) is 22.6. The molecule has 108 valence electrons. The summed E-state index contributed by atoms with van der Waals surface area (Å²) in [4.78, 5) is 0. The van der Waals surface area contributed by atoms with E-state index in [1.165, 1.54) is 26.1 Å². The average molecular weight is 289 g/mol. The minimum Gasteiger partial charge on any atom is -1.00 e. The predicted octanol–water partition coefficient (Wildman–Crippen LogP) is -4.80. The molecule has 0 atom stereocenters. The Bertz CT molecular complexity index is 176. The topological polar surface area (TPSA) is 9.23 Å². The quantitative estimate of drug-likeness (QED) is 0.408. The second-order valence-electron chi connectivity index (χ2n) is 5.76. The molecule has 0 aromatic heterocycles. The third-order valence-electron chi connectivity index (χ3n) is 3.04. The van der Waals surface area contributed by atoms with Crippen molar-refractivity contribution in [2.24, 2.45) is 0 Å². The molecule has 0 unspecified atom stereocenters. The van der Waals surface area contributed by atoms with Crippen molar-refractivity contribution in [1.82, 2.24) is 0 Å². The van der Waals surface area contributed by atoms with E-state index in [0.29, 0.717) is 0 Å². The zero-order chi connectivity index (χ0) is 11.9. The van der Waals surface area contributed by atoms with Gasteiger partial charge in [0.15, 0.2) is 0 Å². The van der Waals surface area contributed by atoms with Crippen LogP contribution < -0.4 is 24.8 Å². The lowest BCUT2D eigenvalue weighted by Crippen LogP contribution is -3.00. The maximum Gasteiger partial charge on any atom is 0.128 e. The summed E-state index contributed by atoms with van der Waals surface area (Å²) < 4.78 is 7.32. The van der Waals surface area contributed by atoms with Gasteiger partial charge in [-0.15, -0.1) is 0 Å². The number of likely N-dealkylation sites (N-methyl/N-ethyl adjacent to an activating group) is 2. The Hall–Kier alpha value is 0.460. The molecule has 0 fully saturated rings. The van der Waals surface area contributed by atoms with Crippen molar-refractivity contribution < 1.29 is 38.5 Å². The SMILES string of the molecule is CCC[N+](C)(C)CC[N+](C)(C)CCOC.[Cl-].[Cl-]. The molecule has 0 bridgehead atoms. The van der Waals surface area contributed by atoms with Gasteiger partial charge in [0.1, 0.15) is 19.6 Å². The van der Waals surface area contributed by atoms with Gasteiger partial charge in [0.05, 0.1) is 41.3 Å². The van der Waals surface area contributed by atoms with Crippen LogP contribution in [0.15, 0.2) is 0 Å². The van der Waals surface area contributed by atoms with Gasteiger partial charge in [0, 0.05) is 7.11 Å². The molecule has 0 N–H and O–H groups in total. The van der Waals surface area contributed by atoms with E-state index in [-0.39, 0.29) is 24.8 Å². The summed E-state index contributed by atoms with van der Waals surface area (Å²) in [6, 6.07) is 0. The molecule has 0 saturated heterocycles. The second kappa shape index (κ2) is 10.4. The third kappa shape index (κ3) is 12.7. The highest BCUT2D eigenvalue weighted by atomic mass is 35.5. The third-order valence-corrected chi connectivity index (χ3v) is 3.04. The van der Waals surface area contributed by atoms with Crippen molar-refractivity contribution in [2.45, 2.75) is 13.3 Å². The van der Waals surface area contributed by atoms with Crippen molar-refractivity contribution in [3.63, 3.8) is 0 Å². The molecule has 0 aromatic carbocycles. The highest BCUT2D eigenvalue weighted by Crippen LogP contribution is 2.03. The standard InChI is InChI=1S/C12H30N2O.2ClH/c1-7-8-13(2,3)9-10-14(4,5)11-12-15-6;;/h7-12H2,1-6H3;2*1H/q+2;;/p-2. The van der Waals surface area contributed by atoms with Crippen LogP contribution in [-0.4, -0.2) is 77.1 Å². The smallest absolute Gasteiger partial charge is 0.128 e.